The summed E-state index contributed by atoms with van der Waals surface area (Å²) in [5.41, 5.74) is 4.64. The number of aliphatic imine (C=N–C) groups is 1. The highest BCUT2D eigenvalue weighted by molar-refractivity contribution is 7.99. The van der Waals surface area contributed by atoms with Gasteiger partial charge in [0, 0.05) is 50.4 Å². The number of H-pyrrole nitrogens is 1. The minimum absolute atomic E-state index is 0.187. The lowest BCUT2D eigenvalue weighted by Gasteiger charge is -2.31. The summed E-state index contributed by atoms with van der Waals surface area (Å²) >= 11 is 1.57. The smallest absolute Gasteiger partial charge is 0.407 e. The van der Waals surface area contributed by atoms with E-state index in [0.717, 1.165) is 29.7 Å². The molecule has 3 N–H and O–H groups in total. The number of amides is 4. The molecule has 2 aromatic carbocycles. The normalized spacial score (nSPS) is 19.9. The highest BCUT2D eigenvalue weighted by atomic mass is 32.2. The van der Waals surface area contributed by atoms with Gasteiger partial charge < -0.3 is 48.8 Å². The van der Waals surface area contributed by atoms with Crippen LogP contribution in [-0.4, -0.2) is 126 Å². The van der Waals surface area contributed by atoms with Crippen LogP contribution < -0.4 is 16.1 Å². The summed E-state index contributed by atoms with van der Waals surface area (Å²) < 4.78 is 26.6. The number of hydrogen-bond acceptors (Lipinski definition) is 13. The maximum atomic E-state index is 13.9. The second kappa shape index (κ2) is 17.6. The molecule has 6 atom stereocenters. The van der Waals surface area contributed by atoms with Gasteiger partial charge in [-0.2, -0.15) is 0 Å². The first-order valence-corrected chi connectivity index (χ1v) is 20.4. The van der Waals surface area contributed by atoms with Gasteiger partial charge in [0.15, 0.2) is 0 Å². The van der Waals surface area contributed by atoms with Crippen LogP contribution in [-0.2, 0) is 28.5 Å². The number of allylic oxidation sites excluding steroid dienone is 1. The van der Waals surface area contributed by atoms with Gasteiger partial charge in [0.25, 0.3) is 0 Å². The van der Waals surface area contributed by atoms with Gasteiger partial charge in [-0.15, -0.1) is 11.8 Å². The molecule has 4 amide bonds. The second-order valence-electron chi connectivity index (χ2n) is 14.6. The Morgan fingerprint density at radius 3 is 2.22 bits per heavy atom. The molecule has 2 fully saturated rings. The summed E-state index contributed by atoms with van der Waals surface area (Å²) in [7, 11) is 5.43. The Morgan fingerprint density at radius 1 is 0.864 bits per heavy atom. The van der Waals surface area contributed by atoms with E-state index in [0.29, 0.717) is 63.6 Å². The molecule has 0 spiro atoms. The summed E-state index contributed by atoms with van der Waals surface area (Å²) in [6, 6.07) is 8.32. The maximum Gasteiger partial charge on any atom is 0.407 e. The number of aromatic amines is 1. The van der Waals surface area contributed by atoms with E-state index in [-0.39, 0.29) is 29.3 Å². The van der Waals surface area contributed by atoms with Gasteiger partial charge in [0.2, 0.25) is 17.2 Å². The average Bonchev–Trinajstić information content (AvgIpc) is 4.10. The molecule has 312 valence electrons. The molecule has 0 aliphatic carbocycles. The summed E-state index contributed by atoms with van der Waals surface area (Å²) in [5.74, 6) is 0.980. The van der Waals surface area contributed by atoms with Gasteiger partial charge in [-0.25, -0.2) is 14.6 Å². The Labute approximate surface area is 343 Å². The lowest BCUT2D eigenvalue weighted by atomic mass is 9.97. The molecule has 2 saturated heterocycles. The number of nitrogens with zero attached hydrogens (tertiary/aromatic N) is 4. The van der Waals surface area contributed by atoms with Crippen LogP contribution in [0.2, 0.25) is 0 Å². The van der Waals surface area contributed by atoms with Crippen molar-refractivity contribution in [3.63, 3.8) is 0 Å². The number of rotatable bonds is 12. The van der Waals surface area contributed by atoms with E-state index in [2.05, 4.69) is 20.6 Å². The predicted molar refractivity (Wildman–Crippen MR) is 221 cm³/mol. The first kappa shape index (κ1) is 41.4. The Balaban J connectivity index is 1.07. The quantitative estimate of drug-likeness (QED) is 0.168. The number of likely N-dealkylation sites (tertiary alicyclic amines) is 1. The topological polar surface area (TPSA) is 207 Å². The summed E-state index contributed by atoms with van der Waals surface area (Å²) in [6.45, 7) is 3.94. The average molecular weight is 830 g/mol. The molecule has 0 radical (unpaired) electrons. The van der Waals surface area contributed by atoms with Crippen molar-refractivity contribution in [3.05, 3.63) is 70.4 Å². The largest absolute Gasteiger partial charge is 0.456 e. The molecule has 59 heavy (non-hydrogen) atoms. The number of methoxy groups -OCH3 is 4. The third-order valence-corrected chi connectivity index (χ3v) is 12.3. The van der Waals surface area contributed by atoms with Gasteiger partial charge in [0.05, 0.1) is 67.1 Å². The van der Waals surface area contributed by atoms with Crippen molar-refractivity contribution in [2.24, 2.45) is 4.99 Å². The van der Waals surface area contributed by atoms with Crippen molar-refractivity contribution >= 4 is 69.0 Å². The molecule has 4 aromatic rings. The number of fused-ring (bicyclic) bond motifs is 2. The zero-order valence-electron chi connectivity index (χ0n) is 33.6. The van der Waals surface area contributed by atoms with Gasteiger partial charge in [-0.1, -0.05) is 6.07 Å². The standard InChI is InChI=1S/C41H47N7O10S/c1-21(54-3)34(45-40(52)56-5)38(50)47-13-7-8-30(47)28-15-25(17-42-28)23-9-11-26-33(16-23)58-32-12-10-24(14-27(32)36(26)49)29-18-43-37(44-29)31-19-59-20-48(31)39(51)35(22(2)55-4)46-41(53)57-6/h9-12,14,16-18,21-22,30-31,34-35H,7-8,13,15,19-20H2,1-6H3,(H,43,44)(H,45,52)(H,46,53)/t21-,22-,30+,31+,34+,35+/m1/s1. The highest BCUT2D eigenvalue weighted by Crippen LogP contribution is 2.35. The van der Waals surface area contributed by atoms with Crippen LogP contribution in [0.3, 0.4) is 0 Å². The van der Waals surface area contributed by atoms with E-state index in [4.69, 9.17) is 28.4 Å². The molecule has 0 saturated carbocycles. The van der Waals surface area contributed by atoms with Gasteiger partial charge in [0.1, 0.15) is 29.1 Å². The number of hydrogen-bond donors (Lipinski definition) is 3. The van der Waals surface area contributed by atoms with Crippen molar-refractivity contribution in [2.45, 2.75) is 69.5 Å². The van der Waals surface area contributed by atoms with Crippen LogP contribution in [0.15, 0.2) is 63.0 Å². The lowest BCUT2D eigenvalue weighted by molar-refractivity contribution is -0.137. The molecule has 17 nitrogen and oxygen atoms in total. The fourth-order valence-corrected chi connectivity index (χ4v) is 8.90. The van der Waals surface area contributed by atoms with Crippen LogP contribution in [0.4, 0.5) is 9.59 Å². The molecule has 2 aromatic heterocycles. The second-order valence-corrected chi connectivity index (χ2v) is 15.6. The number of carbonyl (C=O) groups excluding carboxylic acids is 4. The minimum Gasteiger partial charge on any atom is -0.456 e. The summed E-state index contributed by atoms with van der Waals surface area (Å²) in [5, 5.41) is 6.02. The monoisotopic (exact) mass is 829 g/mol. The molecule has 3 aliphatic heterocycles. The van der Waals surface area contributed by atoms with Crippen LogP contribution in [0.25, 0.3) is 38.8 Å². The fourth-order valence-electron chi connectivity index (χ4n) is 7.73. The molecule has 7 rings (SSSR count). The first-order chi connectivity index (χ1) is 28.5. The van der Waals surface area contributed by atoms with Crippen molar-refractivity contribution in [1.29, 1.82) is 0 Å². The zero-order chi connectivity index (χ0) is 42.0. The van der Waals surface area contributed by atoms with E-state index in [1.807, 2.05) is 18.2 Å². The fraction of sp³-hybridized carbons (Fsp3) is 0.439. The summed E-state index contributed by atoms with van der Waals surface area (Å²) in [6.07, 6.45) is 2.86. The number of alkyl carbamates (subject to hydrolysis) is 2. The van der Waals surface area contributed by atoms with Crippen molar-refractivity contribution in [1.82, 2.24) is 30.4 Å². The highest BCUT2D eigenvalue weighted by Gasteiger charge is 2.41. The SMILES string of the molecule is COC(=O)N[C@H](C(=O)N1CCC[C@H]1C1=NC=C(c2ccc3c(=O)c4cc(-c5cnc([C@@H]6CSCN6C(=O)[C@@H](NC(=O)OC)[C@@H](C)OC)[nH]5)ccc4oc3c2)C1)[C@@H](C)OC. The number of carbonyl (C=O) groups is 4. The lowest BCUT2D eigenvalue weighted by Crippen LogP contribution is -2.56. The van der Waals surface area contributed by atoms with Gasteiger partial charge in [-0.3, -0.25) is 19.4 Å². The Bertz CT molecular complexity index is 2390. The van der Waals surface area contributed by atoms with Crippen molar-refractivity contribution in [3.8, 4) is 11.3 Å². The number of thioether (sulfide) groups is 1. The number of nitrogens with one attached hydrogen (secondary N) is 3. The van der Waals surface area contributed by atoms with Crippen LogP contribution in [0, 0.1) is 0 Å². The number of benzene rings is 2. The van der Waals surface area contributed by atoms with E-state index in [1.165, 1.54) is 28.4 Å². The van der Waals surface area contributed by atoms with E-state index >= 15 is 0 Å². The third kappa shape index (κ3) is 8.29. The molecular weight excluding hydrogens is 783 g/mol. The number of imidazole rings is 1. The molecule has 0 unspecified atom stereocenters. The molecule has 0 bridgehead atoms. The van der Waals surface area contributed by atoms with Gasteiger partial charge >= 0.3 is 12.2 Å². The summed E-state index contributed by atoms with van der Waals surface area (Å²) in [4.78, 5) is 81.5. The molecule has 5 heterocycles. The third-order valence-electron chi connectivity index (χ3n) is 11.2. The van der Waals surface area contributed by atoms with Crippen molar-refractivity contribution < 1.29 is 42.5 Å². The Kier molecular flexibility index (Phi) is 12.4. The number of ether oxygens (including phenoxy) is 4. The van der Waals surface area contributed by atoms with Gasteiger partial charge in [-0.05, 0) is 68.2 Å². The molecule has 18 heteroatoms. The van der Waals surface area contributed by atoms with Crippen LogP contribution >= 0.6 is 11.8 Å². The van der Waals surface area contributed by atoms with Crippen molar-refractivity contribution in [2.75, 3.05) is 46.6 Å². The first-order valence-electron chi connectivity index (χ1n) is 19.2. The maximum absolute atomic E-state index is 13.9. The van der Waals surface area contributed by atoms with Crippen LogP contribution in [0.1, 0.15) is 50.5 Å². The zero-order valence-corrected chi connectivity index (χ0v) is 34.4. The Morgan fingerprint density at radius 2 is 1.54 bits per heavy atom. The van der Waals surface area contributed by atoms with Crippen LogP contribution in [0.5, 0.6) is 0 Å². The Hall–Kier alpha value is -5.72. The van der Waals surface area contributed by atoms with E-state index in [9.17, 15) is 24.0 Å². The molecular formula is C41H47N7O10S. The van der Waals surface area contributed by atoms with E-state index in [1.54, 1.807) is 66.0 Å². The molecule has 3 aliphatic rings. The number of aromatic nitrogens is 2. The minimum atomic E-state index is -0.961. The predicted octanol–water partition coefficient (Wildman–Crippen LogP) is 4.61. The van der Waals surface area contributed by atoms with E-state index < -0.39 is 36.5 Å².